The Morgan fingerprint density at radius 3 is 2.83 bits per heavy atom. The Morgan fingerprint density at radius 2 is 2.22 bits per heavy atom. The molecule has 3 nitrogen and oxygen atoms in total. The van der Waals surface area contributed by atoms with Gasteiger partial charge in [0.1, 0.15) is 11.5 Å². The van der Waals surface area contributed by atoms with E-state index in [0.29, 0.717) is 13.0 Å². The second-order valence-corrected chi connectivity index (χ2v) is 5.37. The average molecular weight is 263 g/mol. The van der Waals surface area contributed by atoms with E-state index in [1.807, 2.05) is 37.6 Å². The van der Waals surface area contributed by atoms with Gasteiger partial charge in [-0.2, -0.15) is 0 Å². The van der Waals surface area contributed by atoms with E-state index < -0.39 is 0 Å². The molecule has 18 heavy (non-hydrogen) atoms. The van der Waals surface area contributed by atoms with E-state index in [0.717, 1.165) is 17.9 Å². The number of amides is 1. The van der Waals surface area contributed by atoms with E-state index >= 15 is 0 Å². The van der Waals surface area contributed by atoms with Crippen LogP contribution in [0.5, 0.6) is 0 Å². The van der Waals surface area contributed by atoms with Crippen molar-refractivity contribution in [2.45, 2.75) is 26.3 Å². The first-order valence-corrected chi connectivity index (χ1v) is 6.85. The monoisotopic (exact) mass is 263 g/mol. The lowest BCUT2D eigenvalue weighted by Gasteiger charge is -2.15. The molecule has 0 fully saturated rings. The van der Waals surface area contributed by atoms with Crippen molar-refractivity contribution in [1.82, 2.24) is 4.90 Å². The second-order valence-electron chi connectivity index (χ2n) is 4.34. The van der Waals surface area contributed by atoms with Crippen LogP contribution < -0.4 is 0 Å². The minimum atomic E-state index is 0.150. The normalized spacial score (nSPS) is 10.6. The lowest BCUT2D eigenvalue weighted by Crippen LogP contribution is -2.26. The predicted molar refractivity (Wildman–Crippen MR) is 72.6 cm³/mol. The van der Waals surface area contributed by atoms with E-state index in [-0.39, 0.29) is 5.91 Å². The van der Waals surface area contributed by atoms with E-state index in [9.17, 15) is 4.79 Å². The first-order chi connectivity index (χ1) is 8.65. The first kappa shape index (κ1) is 12.9. The molecule has 0 aliphatic carbocycles. The summed E-state index contributed by atoms with van der Waals surface area (Å²) in [5.74, 6) is 1.86. The minimum Gasteiger partial charge on any atom is -0.464 e. The third kappa shape index (κ3) is 3.47. The van der Waals surface area contributed by atoms with Crippen LogP contribution in [0.2, 0.25) is 0 Å². The minimum absolute atomic E-state index is 0.150. The summed E-state index contributed by atoms with van der Waals surface area (Å²) in [6.45, 7) is 2.44. The molecule has 0 atom stereocenters. The van der Waals surface area contributed by atoms with Crippen molar-refractivity contribution in [1.29, 1.82) is 0 Å². The lowest BCUT2D eigenvalue weighted by atomic mass is 10.2. The van der Waals surface area contributed by atoms with E-state index in [1.165, 1.54) is 4.88 Å². The molecule has 0 saturated carbocycles. The van der Waals surface area contributed by atoms with Gasteiger partial charge < -0.3 is 9.32 Å². The number of nitrogens with zero attached hydrogens (tertiary/aromatic N) is 1. The van der Waals surface area contributed by atoms with Crippen molar-refractivity contribution in [2.75, 3.05) is 7.05 Å². The van der Waals surface area contributed by atoms with Crippen LogP contribution in [0.25, 0.3) is 0 Å². The zero-order chi connectivity index (χ0) is 13.0. The van der Waals surface area contributed by atoms with Gasteiger partial charge in [-0.05, 0) is 36.9 Å². The van der Waals surface area contributed by atoms with Crippen molar-refractivity contribution in [3.8, 4) is 0 Å². The van der Waals surface area contributed by atoms with Crippen LogP contribution >= 0.6 is 11.3 Å². The number of thiophene rings is 1. The van der Waals surface area contributed by atoms with E-state index in [1.54, 1.807) is 16.2 Å². The van der Waals surface area contributed by atoms with Gasteiger partial charge in [0, 0.05) is 18.3 Å². The number of hydrogen-bond donors (Lipinski definition) is 0. The molecule has 0 saturated heterocycles. The fraction of sp³-hybridized carbons (Fsp3) is 0.357. The highest BCUT2D eigenvalue weighted by atomic mass is 32.1. The maximum absolute atomic E-state index is 11.9. The molecular weight excluding hydrogens is 246 g/mol. The Kier molecular flexibility index (Phi) is 4.20. The molecule has 0 aliphatic heterocycles. The van der Waals surface area contributed by atoms with Gasteiger partial charge in [0.15, 0.2) is 0 Å². The molecule has 0 radical (unpaired) electrons. The Labute approximate surface area is 111 Å². The highest BCUT2D eigenvalue weighted by Crippen LogP contribution is 2.13. The predicted octanol–water partition coefficient (Wildman–Crippen LogP) is 3.24. The summed E-state index contributed by atoms with van der Waals surface area (Å²) in [5.41, 5.74) is 0. The Balaban J connectivity index is 1.81. The van der Waals surface area contributed by atoms with Crippen molar-refractivity contribution >= 4 is 17.2 Å². The molecule has 2 aromatic heterocycles. The Hall–Kier alpha value is -1.55. The summed E-state index contributed by atoms with van der Waals surface area (Å²) in [7, 11) is 1.81. The summed E-state index contributed by atoms with van der Waals surface area (Å²) >= 11 is 1.69. The fourth-order valence-corrected chi connectivity index (χ4v) is 2.48. The zero-order valence-electron chi connectivity index (χ0n) is 10.7. The third-order valence-corrected chi connectivity index (χ3v) is 3.72. The third-order valence-electron chi connectivity index (χ3n) is 2.78. The number of furan rings is 1. The highest BCUT2D eigenvalue weighted by Gasteiger charge is 2.11. The summed E-state index contributed by atoms with van der Waals surface area (Å²) in [4.78, 5) is 14.9. The molecule has 96 valence electrons. The fourth-order valence-electron chi connectivity index (χ4n) is 1.77. The Morgan fingerprint density at radius 1 is 1.39 bits per heavy atom. The topological polar surface area (TPSA) is 33.5 Å². The van der Waals surface area contributed by atoms with Crippen LogP contribution in [0.3, 0.4) is 0 Å². The zero-order valence-corrected chi connectivity index (χ0v) is 11.5. The van der Waals surface area contributed by atoms with Crippen molar-refractivity contribution in [3.63, 3.8) is 0 Å². The SMILES string of the molecule is Cc1ccc(CN(C)C(=O)CCc2cccs2)o1. The Bertz CT molecular complexity index is 502. The lowest BCUT2D eigenvalue weighted by molar-refractivity contribution is -0.130. The summed E-state index contributed by atoms with van der Waals surface area (Å²) in [5, 5.41) is 2.04. The van der Waals surface area contributed by atoms with Gasteiger partial charge in [-0.15, -0.1) is 11.3 Å². The van der Waals surface area contributed by atoms with Crippen LogP contribution in [0.1, 0.15) is 22.8 Å². The first-order valence-electron chi connectivity index (χ1n) is 5.97. The summed E-state index contributed by atoms with van der Waals surface area (Å²) in [6, 6.07) is 7.91. The molecule has 0 spiro atoms. The van der Waals surface area contributed by atoms with Crippen molar-refractivity contribution in [3.05, 3.63) is 46.0 Å². The van der Waals surface area contributed by atoms with Crippen LogP contribution in [0.4, 0.5) is 0 Å². The van der Waals surface area contributed by atoms with Crippen molar-refractivity contribution < 1.29 is 9.21 Å². The quantitative estimate of drug-likeness (QED) is 0.829. The van der Waals surface area contributed by atoms with Gasteiger partial charge >= 0.3 is 0 Å². The molecule has 0 aliphatic rings. The van der Waals surface area contributed by atoms with Gasteiger partial charge in [-0.25, -0.2) is 0 Å². The van der Waals surface area contributed by atoms with Crippen LogP contribution in [-0.4, -0.2) is 17.9 Å². The molecule has 0 N–H and O–H groups in total. The van der Waals surface area contributed by atoms with Crippen LogP contribution in [0.15, 0.2) is 34.1 Å². The summed E-state index contributed by atoms with van der Waals surface area (Å²) < 4.78 is 5.46. The van der Waals surface area contributed by atoms with Gasteiger partial charge in [0.2, 0.25) is 5.91 Å². The summed E-state index contributed by atoms with van der Waals surface area (Å²) in [6.07, 6.45) is 1.37. The van der Waals surface area contributed by atoms with Gasteiger partial charge in [-0.1, -0.05) is 6.07 Å². The molecule has 2 heterocycles. The number of rotatable bonds is 5. The van der Waals surface area contributed by atoms with Crippen molar-refractivity contribution in [2.24, 2.45) is 0 Å². The number of carbonyl (C=O) groups is 1. The molecule has 1 amide bonds. The van der Waals surface area contributed by atoms with Crippen LogP contribution in [-0.2, 0) is 17.8 Å². The molecule has 0 unspecified atom stereocenters. The highest BCUT2D eigenvalue weighted by molar-refractivity contribution is 7.09. The maximum atomic E-state index is 11.9. The molecular formula is C14H17NO2S. The molecule has 0 bridgehead atoms. The number of aryl methyl sites for hydroxylation is 2. The van der Waals surface area contributed by atoms with E-state index in [2.05, 4.69) is 6.07 Å². The van der Waals surface area contributed by atoms with Gasteiger partial charge in [0.25, 0.3) is 0 Å². The number of carbonyl (C=O) groups excluding carboxylic acids is 1. The second kappa shape index (κ2) is 5.87. The maximum Gasteiger partial charge on any atom is 0.223 e. The van der Waals surface area contributed by atoms with E-state index in [4.69, 9.17) is 4.42 Å². The number of hydrogen-bond acceptors (Lipinski definition) is 3. The standard InChI is InChI=1S/C14H17NO2S/c1-11-5-6-12(17-11)10-15(2)14(16)8-7-13-4-3-9-18-13/h3-6,9H,7-8,10H2,1-2H3. The molecule has 2 aromatic rings. The van der Waals surface area contributed by atoms with Crippen LogP contribution in [0, 0.1) is 6.92 Å². The van der Waals surface area contributed by atoms with Gasteiger partial charge in [-0.3, -0.25) is 4.79 Å². The largest absolute Gasteiger partial charge is 0.464 e. The molecule has 2 rings (SSSR count). The smallest absolute Gasteiger partial charge is 0.223 e. The average Bonchev–Trinajstić information content (AvgIpc) is 2.97. The van der Waals surface area contributed by atoms with Gasteiger partial charge in [0.05, 0.1) is 6.54 Å². The molecule has 0 aromatic carbocycles. The molecule has 4 heteroatoms.